The van der Waals surface area contributed by atoms with E-state index >= 15 is 0 Å². The molecule has 2 atom stereocenters. The second kappa shape index (κ2) is 4.84. The van der Waals surface area contributed by atoms with Crippen LogP contribution in [0.5, 0.6) is 0 Å². The smallest absolute Gasteiger partial charge is 0.351 e. The minimum Gasteiger partial charge on any atom is -0.351 e. The first-order chi connectivity index (χ1) is 7.97. The van der Waals surface area contributed by atoms with Crippen molar-refractivity contribution in [3.63, 3.8) is 0 Å². The molecule has 2 N–H and O–H groups in total. The fourth-order valence-corrected chi connectivity index (χ4v) is 2.25. The van der Waals surface area contributed by atoms with E-state index in [2.05, 4.69) is 10.6 Å². The summed E-state index contributed by atoms with van der Waals surface area (Å²) in [4.78, 5) is 11.5. The van der Waals surface area contributed by atoms with Gasteiger partial charge in [0.15, 0.2) is 0 Å². The fraction of sp³-hybridized carbons (Fsp3) is 0.909. The lowest BCUT2D eigenvalue weighted by Crippen LogP contribution is -2.55. The molecule has 0 spiro atoms. The molecular weight excluding hydrogens is 233 g/mol. The number of halogens is 3. The lowest BCUT2D eigenvalue weighted by molar-refractivity contribution is -0.187. The van der Waals surface area contributed by atoms with Crippen LogP contribution in [-0.2, 0) is 4.79 Å². The van der Waals surface area contributed by atoms with Gasteiger partial charge < -0.3 is 10.6 Å². The standard InChI is InChI=1S/C11H17F3N2O/c12-11(13,14)8-3-4-15-6-9(8)16-10(17)5-7-1-2-7/h7-9,15H,1-6H2,(H,16,17). The van der Waals surface area contributed by atoms with Crippen molar-refractivity contribution in [2.24, 2.45) is 11.8 Å². The largest absolute Gasteiger partial charge is 0.393 e. The number of amides is 1. The molecule has 1 saturated carbocycles. The second-order valence-electron chi connectivity index (χ2n) is 4.96. The average molecular weight is 250 g/mol. The number of hydrogen-bond acceptors (Lipinski definition) is 2. The zero-order valence-electron chi connectivity index (χ0n) is 9.52. The Morgan fingerprint density at radius 2 is 2.00 bits per heavy atom. The van der Waals surface area contributed by atoms with E-state index in [0.29, 0.717) is 18.9 Å². The lowest BCUT2D eigenvalue weighted by atomic mass is 9.92. The van der Waals surface area contributed by atoms with Crippen LogP contribution in [0.2, 0.25) is 0 Å². The summed E-state index contributed by atoms with van der Waals surface area (Å²) in [6.07, 6.45) is -1.75. The number of piperidine rings is 1. The molecule has 0 aromatic rings. The van der Waals surface area contributed by atoms with Crippen LogP contribution in [0.4, 0.5) is 13.2 Å². The molecule has 17 heavy (non-hydrogen) atoms. The summed E-state index contributed by atoms with van der Waals surface area (Å²) in [7, 11) is 0. The maximum atomic E-state index is 12.7. The molecule has 1 saturated heterocycles. The highest BCUT2D eigenvalue weighted by Crippen LogP contribution is 2.34. The van der Waals surface area contributed by atoms with E-state index in [9.17, 15) is 18.0 Å². The molecule has 1 heterocycles. The van der Waals surface area contributed by atoms with Crippen molar-refractivity contribution >= 4 is 5.91 Å². The first-order valence-electron chi connectivity index (χ1n) is 6.03. The van der Waals surface area contributed by atoms with Gasteiger partial charge in [-0.15, -0.1) is 0 Å². The van der Waals surface area contributed by atoms with E-state index in [0.717, 1.165) is 12.8 Å². The number of hydrogen-bond donors (Lipinski definition) is 2. The number of alkyl halides is 3. The molecular formula is C11H17F3N2O. The molecule has 2 fully saturated rings. The third kappa shape index (κ3) is 3.59. The molecule has 1 aliphatic heterocycles. The van der Waals surface area contributed by atoms with Gasteiger partial charge in [0.25, 0.3) is 0 Å². The lowest BCUT2D eigenvalue weighted by Gasteiger charge is -2.34. The van der Waals surface area contributed by atoms with Crippen LogP contribution in [0.15, 0.2) is 0 Å². The predicted octanol–water partition coefficient (Wildman–Crippen LogP) is 1.44. The van der Waals surface area contributed by atoms with Crippen LogP contribution in [0.25, 0.3) is 0 Å². The molecule has 98 valence electrons. The van der Waals surface area contributed by atoms with E-state index in [1.54, 1.807) is 0 Å². The first-order valence-corrected chi connectivity index (χ1v) is 6.03. The van der Waals surface area contributed by atoms with Crippen molar-refractivity contribution < 1.29 is 18.0 Å². The van der Waals surface area contributed by atoms with E-state index < -0.39 is 18.1 Å². The van der Waals surface area contributed by atoms with Gasteiger partial charge in [0.2, 0.25) is 5.91 Å². The zero-order valence-corrected chi connectivity index (χ0v) is 9.52. The normalized spacial score (nSPS) is 30.1. The van der Waals surface area contributed by atoms with Crippen molar-refractivity contribution in [2.45, 2.75) is 37.9 Å². The summed E-state index contributed by atoms with van der Waals surface area (Å²) in [6, 6.07) is -0.810. The summed E-state index contributed by atoms with van der Waals surface area (Å²) in [5.41, 5.74) is 0. The molecule has 0 aromatic carbocycles. The third-order valence-electron chi connectivity index (χ3n) is 3.42. The molecule has 1 aliphatic carbocycles. The van der Waals surface area contributed by atoms with Crippen molar-refractivity contribution in [2.75, 3.05) is 13.1 Å². The van der Waals surface area contributed by atoms with Crippen LogP contribution in [-0.4, -0.2) is 31.2 Å². The predicted molar refractivity (Wildman–Crippen MR) is 56.3 cm³/mol. The molecule has 3 nitrogen and oxygen atoms in total. The number of carbonyl (C=O) groups is 1. The summed E-state index contributed by atoms with van der Waals surface area (Å²) in [5.74, 6) is -1.25. The monoisotopic (exact) mass is 250 g/mol. The summed E-state index contributed by atoms with van der Waals surface area (Å²) in [5, 5.41) is 5.42. The minimum absolute atomic E-state index is 0.0396. The van der Waals surface area contributed by atoms with Crippen molar-refractivity contribution in [1.29, 1.82) is 0 Å². The van der Waals surface area contributed by atoms with Crippen molar-refractivity contribution in [3.05, 3.63) is 0 Å². The highest BCUT2D eigenvalue weighted by atomic mass is 19.4. The Balaban J connectivity index is 1.88. The Bertz CT molecular complexity index is 289. The summed E-state index contributed by atoms with van der Waals surface area (Å²) < 4.78 is 38.2. The van der Waals surface area contributed by atoms with E-state index in [4.69, 9.17) is 0 Å². The molecule has 2 aliphatic rings. The molecule has 1 amide bonds. The molecule has 2 rings (SSSR count). The van der Waals surface area contributed by atoms with Gasteiger partial charge in [0, 0.05) is 13.0 Å². The third-order valence-corrected chi connectivity index (χ3v) is 3.42. The van der Waals surface area contributed by atoms with E-state index in [1.807, 2.05) is 0 Å². The molecule has 2 unspecified atom stereocenters. The van der Waals surface area contributed by atoms with Gasteiger partial charge in [-0.05, 0) is 31.7 Å². The SMILES string of the molecule is O=C(CC1CC1)NC1CNCCC1C(F)(F)F. The van der Waals surface area contributed by atoms with Gasteiger partial charge in [-0.25, -0.2) is 0 Å². The maximum absolute atomic E-state index is 12.7. The summed E-state index contributed by atoms with van der Waals surface area (Å²) in [6.45, 7) is 0.569. The Morgan fingerprint density at radius 1 is 1.29 bits per heavy atom. The van der Waals surface area contributed by atoms with Gasteiger partial charge in [0.1, 0.15) is 0 Å². The van der Waals surface area contributed by atoms with Crippen LogP contribution in [0.1, 0.15) is 25.7 Å². The van der Waals surface area contributed by atoms with Gasteiger partial charge >= 0.3 is 6.18 Å². The highest BCUT2D eigenvalue weighted by Gasteiger charge is 2.46. The van der Waals surface area contributed by atoms with Crippen LogP contribution in [0.3, 0.4) is 0 Å². The fourth-order valence-electron chi connectivity index (χ4n) is 2.25. The Morgan fingerprint density at radius 3 is 2.59 bits per heavy atom. The topological polar surface area (TPSA) is 41.1 Å². The maximum Gasteiger partial charge on any atom is 0.393 e. The molecule has 0 radical (unpaired) electrons. The van der Waals surface area contributed by atoms with Gasteiger partial charge in [-0.3, -0.25) is 4.79 Å². The van der Waals surface area contributed by atoms with E-state index in [1.165, 1.54) is 0 Å². The van der Waals surface area contributed by atoms with Gasteiger partial charge in [-0.2, -0.15) is 13.2 Å². The van der Waals surface area contributed by atoms with Gasteiger partial charge in [-0.1, -0.05) is 0 Å². The number of carbonyl (C=O) groups excluding carboxylic acids is 1. The van der Waals surface area contributed by atoms with E-state index in [-0.39, 0.29) is 18.9 Å². The second-order valence-corrected chi connectivity index (χ2v) is 4.96. The zero-order chi connectivity index (χ0) is 12.5. The van der Waals surface area contributed by atoms with Crippen LogP contribution in [0, 0.1) is 11.8 Å². The van der Waals surface area contributed by atoms with Gasteiger partial charge in [0.05, 0.1) is 12.0 Å². The highest BCUT2D eigenvalue weighted by molar-refractivity contribution is 5.76. The Hall–Kier alpha value is -0.780. The van der Waals surface area contributed by atoms with Crippen molar-refractivity contribution in [3.8, 4) is 0 Å². The Kier molecular flexibility index (Phi) is 3.61. The molecule has 6 heteroatoms. The minimum atomic E-state index is -4.22. The van der Waals surface area contributed by atoms with Crippen molar-refractivity contribution in [1.82, 2.24) is 10.6 Å². The first kappa shape index (κ1) is 12.7. The Labute approximate surface area is 98.1 Å². The average Bonchev–Trinajstić information content (AvgIpc) is 3.00. The molecule has 0 bridgehead atoms. The quantitative estimate of drug-likeness (QED) is 0.796. The summed E-state index contributed by atoms with van der Waals surface area (Å²) >= 11 is 0. The molecule has 0 aromatic heterocycles. The van der Waals surface area contributed by atoms with Crippen LogP contribution < -0.4 is 10.6 Å². The number of rotatable bonds is 3. The number of nitrogens with one attached hydrogen (secondary N) is 2. The van der Waals surface area contributed by atoms with Crippen LogP contribution >= 0.6 is 0 Å².